The van der Waals surface area contributed by atoms with Gasteiger partial charge in [-0.2, -0.15) is 11.8 Å². The first-order valence-corrected chi connectivity index (χ1v) is 12.6. The fourth-order valence-electron chi connectivity index (χ4n) is 3.99. The maximum Gasteiger partial charge on any atom is 0.265 e. The number of aromatic nitrogens is 2. The molecule has 2 fully saturated rings. The van der Waals surface area contributed by atoms with Crippen molar-refractivity contribution in [2.24, 2.45) is 0 Å². The molecule has 0 bridgehead atoms. The Bertz CT molecular complexity index is 1230. The number of benzene rings is 2. The van der Waals surface area contributed by atoms with Gasteiger partial charge in [0.15, 0.2) is 0 Å². The number of hydrogen-bond acceptors (Lipinski definition) is 6. The Morgan fingerprint density at radius 2 is 2.00 bits per heavy atom. The normalized spacial score (nSPS) is 16.6. The standard InChI is InChI=1S/C25H28N4O3S/c1-17-2-3-18(24(30)27-19-4-5-19)14-23(17)29-16-26-22-7-6-20(15-21(22)25(29)31)32-11-8-28-9-12-33-13-10-28/h2-3,6-7,14-16,19H,4-5,8-13H2,1H3,(H,27,30). The summed E-state index contributed by atoms with van der Waals surface area (Å²) >= 11 is 1.99. The van der Waals surface area contributed by atoms with Crippen LogP contribution in [0.1, 0.15) is 28.8 Å². The first-order valence-electron chi connectivity index (χ1n) is 11.4. The molecular weight excluding hydrogens is 436 g/mol. The molecule has 0 radical (unpaired) electrons. The number of ether oxygens (including phenoxy) is 1. The molecule has 1 N–H and O–H groups in total. The van der Waals surface area contributed by atoms with Crippen molar-refractivity contribution in [1.82, 2.24) is 19.8 Å². The van der Waals surface area contributed by atoms with Crippen LogP contribution < -0.4 is 15.6 Å². The lowest BCUT2D eigenvalue weighted by Gasteiger charge is -2.25. The summed E-state index contributed by atoms with van der Waals surface area (Å²) in [7, 11) is 0. The maximum absolute atomic E-state index is 13.4. The number of nitrogens with zero attached hydrogens (tertiary/aromatic N) is 3. The van der Waals surface area contributed by atoms with E-state index in [1.807, 2.05) is 36.9 Å². The van der Waals surface area contributed by atoms with Crippen molar-refractivity contribution in [2.45, 2.75) is 25.8 Å². The van der Waals surface area contributed by atoms with Gasteiger partial charge in [-0.25, -0.2) is 4.98 Å². The van der Waals surface area contributed by atoms with Crippen LogP contribution in [0.3, 0.4) is 0 Å². The SMILES string of the molecule is Cc1ccc(C(=O)NC2CC2)cc1-n1cnc2ccc(OCCN3CCSCC3)cc2c1=O. The third kappa shape index (κ3) is 5.07. The minimum Gasteiger partial charge on any atom is -0.492 e. The van der Waals surface area contributed by atoms with E-state index in [1.54, 1.807) is 18.2 Å². The third-order valence-electron chi connectivity index (χ3n) is 6.15. The Labute approximate surface area is 197 Å². The molecule has 1 saturated heterocycles. The van der Waals surface area contributed by atoms with E-state index >= 15 is 0 Å². The van der Waals surface area contributed by atoms with E-state index < -0.39 is 0 Å². The highest BCUT2D eigenvalue weighted by molar-refractivity contribution is 7.99. The summed E-state index contributed by atoms with van der Waals surface area (Å²) in [5, 5.41) is 3.50. The number of hydrogen-bond donors (Lipinski definition) is 1. The average molecular weight is 465 g/mol. The first-order chi connectivity index (χ1) is 16.1. The molecule has 5 rings (SSSR count). The van der Waals surface area contributed by atoms with Crippen LogP contribution >= 0.6 is 11.8 Å². The molecule has 8 heteroatoms. The minimum atomic E-state index is -0.179. The second-order valence-electron chi connectivity index (χ2n) is 8.65. The summed E-state index contributed by atoms with van der Waals surface area (Å²) in [6.07, 6.45) is 3.59. The fourth-order valence-corrected chi connectivity index (χ4v) is 4.97. The molecule has 0 atom stereocenters. The van der Waals surface area contributed by atoms with E-state index in [0.29, 0.717) is 34.5 Å². The van der Waals surface area contributed by atoms with Gasteiger partial charge in [0.1, 0.15) is 18.7 Å². The van der Waals surface area contributed by atoms with Gasteiger partial charge in [0.25, 0.3) is 11.5 Å². The van der Waals surface area contributed by atoms with E-state index in [2.05, 4.69) is 15.2 Å². The Morgan fingerprint density at radius 3 is 2.79 bits per heavy atom. The van der Waals surface area contributed by atoms with Gasteiger partial charge < -0.3 is 10.1 Å². The number of nitrogens with one attached hydrogen (secondary N) is 1. The van der Waals surface area contributed by atoms with Crippen molar-refractivity contribution in [3.8, 4) is 11.4 Å². The summed E-state index contributed by atoms with van der Waals surface area (Å²) in [6, 6.07) is 11.2. The summed E-state index contributed by atoms with van der Waals surface area (Å²) < 4.78 is 7.47. The molecule has 1 aliphatic heterocycles. The van der Waals surface area contributed by atoms with Crippen LogP contribution in [0.5, 0.6) is 5.75 Å². The van der Waals surface area contributed by atoms with Crippen molar-refractivity contribution in [3.63, 3.8) is 0 Å². The zero-order valence-corrected chi connectivity index (χ0v) is 19.6. The van der Waals surface area contributed by atoms with Gasteiger partial charge in [-0.15, -0.1) is 0 Å². The molecule has 2 aromatic carbocycles. The first kappa shape index (κ1) is 22.0. The zero-order valence-electron chi connectivity index (χ0n) is 18.8. The van der Waals surface area contributed by atoms with E-state index in [9.17, 15) is 9.59 Å². The molecular formula is C25H28N4O3S. The number of rotatable bonds is 7. The van der Waals surface area contributed by atoms with Gasteiger partial charge in [0, 0.05) is 42.7 Å². The van der Waals surface area contributed by atoms with Crippen molar-refractivity contribution >= 4 is 28.6 Å². The van der Waals surface area contributed by atoms with Crippen LogP contribution in [-0.2, 0) is 0 Å². The summed E-state index contributed by atoms with van der Waals surface area (Å²) in [6.45, 7) is 5.58. The zero-order chi connectivity index (χ0) is 22.8. The van der Waals surface area contributed by atoms with Crippen molar-refractivity contribution in [1.29, 1.82) is 0 Å². The Balaban J connectivity index is 1.39. The number of fused-ring (bicyclic) bond motifs is 1. The Hall–Kier alpha value is -2.84. The van der Waals surface area contributed by atoms with Crippen LogP contribution in [0.25, 0.3) is 16.6 Å². The molecule has 0 spiro atoms. The molecule has 2 aliphatic rings. The minimum absolute atomic E-state index is 0.108. The fraction of sp³-hybridized carbons (Fsp3) is 0.400. The Kier molecular flexibility index (Phi) is 6.37. The molecule has 2 heterocycles. The smallest absolute Gasteiger partial charge is 0.265 e. The number of thioether (sulfide) groups is 1. The van der Waals surface area contributed by atoms with E-state index in [1.165, 1.54) is 22.4 Å². The van der Waals surface area contributed by atoms with Crippen molar-refractivity contribution in [2.75, 3.05) is 37.7 Å². The topological polar surface area (TPSA) is 76.5 Å². The van der Waals surface area contributed by atoms with Crippen molar-refractivity contribution < 1.29 is 9.53 Å². The molecule has 33 heavy (non-hydrogen) atoms. The van der Waals surface area contributed by atoms with Gasteiger partial charge in [0.2, 0.25) is 0 Å². The molecule has 7 nitrogen and oxygen atoms in total. The largest absolute Gasteiger partial charge is 0.492 e. The summed E-state index contributed by atoms with van der Waals surface area (Å²) in [5.74, 6) is 2.90. The van der Waals surface area contributed by atoms with Gasteiger partial charge in [-0.3, -0.25) is 19.1 Å². The molecule has 1 aliphatic carbocycles. The lowest BCUT2D eigenvalue weighted by atomic mass is 10.1. The lowest BCUT2D eigenvalue weighted by Crippen LogP contribution is -2.35. The number of carbonyl (C=O) groups is 1. The average Bonchev–Trinajstić information content (AvgIpc) is 3.65. The van der Waals surface area contributed by atoms with E-state index in [4.69, 9.17) is 4.74 Å². The number of carbonyl (C=O) groups excluding carboxylic acids is 1. The van der Waals surface area contributed by atoms with Crippen LogP contribution in [0.4, 0.5) is 0 Å². The van der Waals surface area contributed by atoms with Gasteiger partial charge in [-0.1, -0.05) is 6.07 Å². The monoisotopic (exact) mass is 464 g/mol. The van der Waals surface area contributed by atoms with E-state index in [0.717, 1.165) is 38.0 Å². The Morgan fingerprint density at radius 1 is 1.18 bits per heavy atom. The highest BCUT2D eigenvalue weighted by Gasteiger charge is 2.24. The highest BCUT2D eigenvalue weighted by Crippen LogP contribution is 2.22. The predicted octanol–water partition coefficient (Wildman–Crippen LogP) is 3.01. The second-order valence-corrected chi connectivity index (χ2v) is 9.87. The summed E-state index contributed by atoms with van der Waals surface area (Å²) in [4.78, 5) is 32.8. The molecule has 1 saturated carbocycles. The molecule has 1 amide bonds. The van der Waals surface area contributed by atoms with Crippen LogP contribution in [0.15, 0.2) is 47.5 Å². The summed E-state index contributed by atoms with van der Waals surface area (Å²) in [5.41, 5.74) is 2.54. The van der Waals surface area contributed by atoms with Crippen LogP contribution in [0, 0.1) is 6.92 Å². The van der Waals surface area contributed by atoms with Crippen LogP contribution in [-0.4, -0.2) is 64.1 Å². The maximum atomic E-state index is 13.4. The molecule has 0 unspecified atom stereocenters. The van der Waals surface area contributed by atoms with Gasteiger partial charge in [0.05, 0.1) is 16.6 Å². The van der Waals surface area contributed by atoms with E-state index in [-0.39, 0.29) is 17.5 Å². The second kappa shape index (κ2) is 9.57. The highest BCUT2D eigenvalue weighted by atomic mass is 32.2. The van der Waals surface area contributed by atoms with Crippen LogP contribution in [0.2, 0.25) is 0 Å². The molecule has 1 aromatic heterocycles. The number of aryl methyl sites for hydroxylation is 1. The van der Waals surface area contributed by atoms with Gasteiger partial charge >= 0.3 is 0 Å². The number of amides is 1. The van der Waals surface area contributed by atoms with Gasteiger partial charge in [-0.05, 0) is 55.7 Å². The third-order valence-corrected chi connectivity index (χ3v) is 7.10. The lowest BCUT2D eigenvalue weighted by molar-refractivity contribution is 0.0951. The molecule has 3 aromatic rings. The molecule has 172 valence electrons. The quantitative estimate of drug-likeness (QED) is 0.579. The predicted molar refractivity (Wildman–Crippen MR) is 132 cm³/mol. The van der Waals surface area contributed by atoms with Crippen molar-refractivity contribution in [3.05, 3.63) is 64.2 Å².